The van der Waals surface area contributed by atoms with Crippen LogP contribution in [0.25, 0.3) is 0 Å². The molecule has 1 aliphatic heterocycles. The van der Waals surface area contributed by atoms with E-state index in [1.807, 2.05) is 13.8 Å². The molecule has 82 valence electrons. The Hall–Kier alpha value is -0.120. The predicted octanol–water partition coefficient (Wildman–Crippen LogP) is 1.14. The highest BCUT2D eigenvalue weighted by atomic mass is 16.3. The molecule has 1 aliphatic rings. The Balaban J connectivity index is 0. The van der Waals surface area contributed by atoms with Crippen molar-refractivity contribution in [3.63, 3.8) is 0 Å². The molecule has 0 amide bonds. The second-order valence-electron chi connectivity index (χ2n) is 2.91. The highest BCUT2D eigenvalue weighted by Crippen LogP contribution is 2.00. The summed E-state index contributed by atoms with van der Waals surface area (Å²) in [6, 6.07) is 0. The highest BCUT2D eigenvalue weighted by Gasteiger charge is 2.16. The van der Waals surface area contributed by atoms with Crippen LogP contribution in [-0.4, -0.2) is 35.5 Å². The lowest BCUT2D eigenvalue weighted by Crippen LogP contribution is -2.42. The van der Waals surface area contributed by atoms with E-state index in [0.717, 1.165) is 0 Å². The van der Waals surface area contributed by atoms with Crippen molar-refractivity contribution in [2.75, 3.05) is 13.1 Å². The monoisotopic (exact) mass is 191 g/mol. The van der Waals surface area contributed by atoms with Crippen LogP contribution in [0.1, 0.15) is 40.5 Å². The summed E-state index contributed by atoms with van der Waals surface area (Å²) in [5.74, 6) is 0. The van der Waals surface area contributed by atoms with Crippen molar-refractivity contribution < 1.29 is 10.2 Å². The second kappa shape index (κ2) is 11.9. The third-order valence-corrected chi connectivity index (χ3v) is 1.30. The number of hydrogen-bond donors (Lipinski definition) is 3. The number of piperidine rings is 1. The Kier molecular flexibility index (Phi) is 14.0. The lowest BCUT2D eigenvalue weighted by molar-refractivity contribution is 0.0529. The molecule has 1 heterocycles. The molecule has 0 radical (unpaired) electrons. The van der Waals surface area contributed by atoms with E-state index in [1.54, 1.807) is 0 Å². The lowest BCUT2D eigenvalue weighted by Gasteiger charge is -2.22. The van der Waals surface area contributed by atoms with Crippen LogP contribution in [0.4, 0.5) is 0 Å². The van der Waals surface area contributed by atoms with Crippen molar-refractivity contribution in [1.82, 2.24) is 5.32 Å². The van der Waals surface area contributed by atoms with Crippen LogP contribution < -0.4 is 5.32 Å². The summed E-state index contributed by atoms with van der Waals surface area (Å²) in [5.41, 5.74) is 0. The predicted molar refractivity (Wildman–Crippen MR) is 56.8 cm³/mol. The first-order valence-corrected chi connectivity index (χ1v) is 5.27. The molecule has 0 aliphatic carbocycles. The van der Waals surface area contributed by atoms with Gasteiger partial charge in [-0.25, -0.2) is 0 Å². The summed E-state index contributed by atoms with van der Waals surface area (Å²) in [6.07, 6.45) is 1.07. The maximum atomic E-state index is 8.86. The molecule has 3 nitrogen and oxygen atoms in total. The maximum absolute atomic E-state index is 8.86. The molecule has 1 rings (SSSR count). The Morgan fingerprint density at radius 2 is 1.38 bits per heavy atom. The van der Waals surface area contributed by atoms with Crippen LogP contribution in [-0.2, 0) is 0 Å². The molecule has 0 aromatic heterocycles. The zero-order chi connectivity index (χ0) is 10.7. The second-order valence-corrected chi connectivity index (χ2v) is 2.91. The number of aliphatic hydroxyl groups excluding tert-OH is 2. The first kappa shape index (κ1) is 15.4. The van der Waals surface area contributed by atoms with Gasteiger partial charge in [0.1, 0.15) is 0 Å². The molecule has 0 aromatic carbocycles. The molecular weight excluding hydrogens is 166 g/mol. The van der Waals surface area contributed by atoms with E-state index in [1.165, 1.54) is 6.42 Å². The van der Waals surface area contributed by atoms with Crippen LogP contribution in [0.3, 0.4) is 0 Å². The highest BCUT2D eigenvalue weighted by molar-refractivity contribution is 4.73. The summed E-state index contributed by atoms with van der Waals surface area (Å²) >= 11 is 0. The Morgan fingerprint density at radius 3 is 1.54 bits per heavy atom. The maximum Gasteiger partial charge on any atom is 0.0689 e. The molecule has 3 N–H and O–H groups in total. The van der Waals surface area contributed by atoms with Crippen LogP contribution in [0.15, 0.2) is 0 Å². The minimum Gasteiger partial charge on any atom is -0.392 e. The number of β-amino-alcohol motifs (C(OH)–C–C–N with tert-alkyl or cyclic N) is 2. The Labute approximate surface area is 82.2 Å². The van der Waals surface area contributed by atoms with Gasteiger partial charge < -0.3 is 15.5 Å². The normalized spacial score (nSPS) is 26.3. The van der Waals surface area contributed by atoms with Crippen LogP contribution in [0.5, 0.6) is 0 Å². The van der Waals surface area contributed by atoms with E-state index >= 15 is 0 Å². The minimum absolute atomic E-state index is 0.348. The zero-order valence-electron chi connectivity index (χ0n) is 9.38. The van der Waals surface area contributed by atoms with Gasteiger partial charge in [0, 0.05) is 19.5 Å². The topological polar surface area (TPSA) is 52.5 Å². The van der Waals surface area contributed by atoms with Crippen molar-refractivity contribution in [3.05, 3.63) is 0 Å². The summed E-state index contributed by atoms with van der Waals surface area (Å²) in [5, 5.41) is 20.6. The summed E-state index contributed by atoms with van der Waals surface area (Å²) in [7, 11) is 0. The van der Waals surface area contributed by atoms with Gasteiger partial charge in [0.15, 0.2) is 0 Å². The summed E-state index contributed by atoms with van der Waals surface area (Å²) in [4.78, 5) is 0. The number of aliphatic hydroxyl groups is 2. The van der Waals surface area contributed by atoms with Crippen LogP contribution in [0.2, 0.25) is 0 Å². The molecule has 0 spiro atoms. The number of nitrogens with one attached hydrogen (secondary N) is 1. The number of rotatable bonds is 0. The fraction of sp³-hybridized carbons (Fsp3) is 1.00. The average Bonchev–Trinajstić information content (AvgIpc) is 2.08. The average molecular weight is 191 g/mol. The van der Waals surface area contributed by atoms with Crippen LogP contribution >= 0.6 is 0 Å². The molecule has 2 atom stereocenters. The van der Waals surface area contributed by atoms with Gasteiger partial charge in [-0.2, -0.15) is 0 Å². The smallest absolute Gasteiger partial charge is 0.0689 e. The fourth-order valence-electron chi connectivity index (χ4n) is 0.897. The van der Waals surface area contributed by atoms with Gasteiger partial charge in [-0.05, 0) is 0 Å². The van der Waals surface area contributed by atoms with Crippen LogP contribution in [0, 0.1) is 0 Å². The van der Waals surface area contributed by atoms with Gasteiger partial charge >= 0.3 is 0 Å². The molecule has 13 heavy (non-hydrogen) atoms. The molecular formula is C10H25NO2. The molecule has 0 bridgehead atoms. The zero-order valence-corrected chi connectivity index (χ0v) is 9.38. The standard InChI is InChI=1S/C5H11NO2.C3H8.C2H6/c7-4-1-5(8)3-6-2-4;1-3-2;1-2/h4-8H,1-3H2;3H2,1-2H3;1-2H3. The van der Waals surface area contributed by atoms with Gasteiger partial charge in [0.25, 0.3) is 0 Å². The molecule has 3 heteroatoms. The summed E-state index contributed by atoms with van der Waals surface area (Å²) < 4.78 is 0. The van der Waals surface area contributed by atoms with E-state index in [9.17, 15) is 0 Å². The van der Waals surface area contributed by atoms with Crippen molar-refractivity contribution in [2.24, 2.45) is 0 Å². The largest absolute Gasteiger partial charge is 0.392 e. The Bertz CT molecular complexity index is 81.0. The molecule has 0 saturated carbocycles. The van der Waals surface area contributed by atoms with E-state index < -0.39 is 0 Å². The lowest BCUT2D eigenvalue weighted by atomic mass is 10.1. The minimum atomic E-state index is -0.348. The third-order valence-electron chi connectivity index (χ3n) is 1.30. The van der Waals surface area contributed by atoms with E-state index in [-0.39, 0.29) is 12.2 Å². The van der Waals surface area contributed by atoms with E-state index in [2.05, 4.69) is 19.2 Å². The Morgan fingerprint density at radius 1 is 1.08 bits per heavy atom. The van der Waals surface area contributed by atoms with E-state index in [0.29, 0.717) is 19.5 Å². The molecule has 2 unspecified atom stereocenters. The molecule has 0 aromatic rings. The first-order chi connectivity index (χ1) is 6.20. The first-order valence-electron chi connectivity index (χ1n) is 5.27. The van der Waals surface area contributed by atoms with Gasteiger partial charge in [0.05, 0.1) is 12.2 Å². The van der Waals surface area contributed by atoms with Crippen molar-refractivity contribution in [3.8, 4) is 0 Å². The molecule has 1 saturated heterocycles. The van der Waals surface area contributed by atoms with Crippen molar-refractivity contribution in [1.29, 1.82) is 0 Å². The molecule has 1 fully saturated rings. The fourth-order valence-corrected chi connectivity index (χ4v) is 0.897. The quantitative estimate of drug-likeness (QED) is 0.538. The van der Waals surface area contributed by atoms with Gasteiger partial charge in [0.2, 0.25) is 0 Å². The SMILES string of the molecule is CC.CCC.OC1CNCC(O)C1. The van der Waals surface area contributed by atoms with Crippen molar-refractivity contribution >= 4 is 0 Å². The van der Waals surface area contributed by atoms with Gasteiger partial charge in [-0.1, -0.05) is 34.1 Å². The third kappa shape index (κ3) is 11.9. The van der Waals surface area contributed by atoms with Gasteiger partial charge in [-0.15, -0.1) is 0 Å². The van der Waals surface area contributed by atoms with Crippen molar-refractivity contribution in [2.45, 2.75) is 52.7 Å². The van der Waals surface area contributed by atoms with Gasteiger partial charge in [-0.3, -0.25) is 0 Å². The number of hydrogen-bond acceptors (Lipinski definition) is 3. The van der Waals surface area contributed by atoms with E-state index in [4.69, 9.17) is 10.2 Å². The summed E-state index contributed by atoms with van der Waals surface area (Å²) in [6.45, 7) is 9.49.